The zero-order chi connectivity index (χ0) is 22.9. The molecule has 0 radical (unpaired) electrons. The summed E-state index contributed by atoms with van der Waals surface area (Å²) in [6.45, 7) is 4.87. The summed E-state index contributed by atoms with van der Waals surface area (Å²) in [5.74, 6) is -0.282. The number of sulfonamides is 1. The lowest BCUT2D eigenvalue weighted by atomic mass is 9.96. The van der Waals surface area contributed by atoms with Crippen molar-refractivity contribution >= 4 is 39.2 Å². The highest BCUT2D eigenvalue weighted by Crippen LogP contribution is 2.38. The summed E-state index contributed by atoms with van der Waals surface area (Å²) >= 11 is 1.80. The number of rotatable bonds is 4. The second kappa shape index (κ2) is 9.37. The van der Waals surface area contributed by atoms with Crippen molar-refractivity contribution in [1.29, 1.82) is 0 Å². The van der Waals surface area contributed by atoms with Gasteiger partial charge in [-0.2, -0.15) is 4.31 Å². The maximum atomic E-state index is 13.4. The van der Waals surface area contributed by atoms with Crippen molar-refractivity contribution in [3.05, 3.63) is 54.1 Å². The minimum absolute atomic E-state index is 0.0859. The van der Waals surface area contributed by atoms with E-state index in [0.717, 1.165) is 17.0 Å². The van der Waals surface area contributed by atoms with Gasteiger partial charge in [0.2, 0.25) is 15.9 Å². The van der Waals surface area contributed by atoms with Crippen LogP contribution < -0.4 is 4.90 Å². The number of ketones is 1. The van der Waals surface area contributed by atoms with Crippen LogP contribution in [0.1, 0.15) is 43.5 Å². The molecule has 1 unspecified atom stereocenters. The summed E-state index contributed by atoms with van der Waals surface area (Å²) in [6.07, 6.45) is 1.91. The van der Waals surface area contributed by atoms with Gasteiger partial charge in [-0.15, -0.1) is 11.8 Å². The topological polar surface area (TPSA) is 74.8 Å². The number of amides is 1. The van der Waals surface area contributed by atoms with E-state index in [4.69, 9.17) is 0 Å². The van der Waals surface area contributed by atoms with E-state index in [9.17, 15) is 18.0 Å². The van der Waals surface area contributed by atoms with Crippen LogP contribution in [0.5, 0.6) is 0 Å². The Labute approximate surface area is 194 Å². The fraction of sp³-hybridized carbons (Fsp3) is 0.417. The Morgan fingerprint density at radius 1 is 0.969 bits per heavy atom. The SMILES string of the molecule is CC(=O)c1cccc(S(=O)(=O)N2CCC(C(=O)N3CCC(C)Sc4ccccc43)CC2)c1. The van der Waals surface area contributed by atoms with Crippen molar-refractivity contribution in [2.45, 2.75) is 48.2 Å². The van der Waals surface area contributed by atoms with Crippen LogP contribution in [0.3, 0.4) is 0 Å². The van der Waals surface area contributed by atoms with Gasteiger partial charge in [0.05, 0.1) is 10.6 Å². The monoisotopic (exact) mass is 472 g/mol. The molecule has 2 aromatic rings. The third kappa shape index (κ3) is 4.63. The number of nitrogens with zero attached hydrogens (tertiary/aromatic N) is 2. The summed E-state index contributed by atoms with van der Waals surface area (Å²) in [5, 5.41) is 0.437. The quantitative estimate of drug-likeness (QED) is 0.623. The van der Waals surface area contributed by atoms with E-state index in [1.165, 1.54) is 23.4 Å². The fourth-order valence-corrected chi connectivity index (χ4v) is 6.93. The van der Waals surface area contributed by atoms with Gasteiger partial charge in [-0.25, -0.2) is 8.42 Å². The van der Waals surface area contributed by atoms with E-state index in [0.29, 0.717) is 43.3 Å². The van der Waals surface area contributed by atoms with Crippen molar-refractivity contribution < 1.29 is 18.0 Å². The maximum Gasteiger partial charge on any atom is 0.243 e. The van der Waals surface area contributed by atoms with Crippen LogP contribution in [0.4, 0.5) is 5.69 Å². The molecule has 0 saturated carbocycles. The third-order valence-electron chi connectivity index (χ3n) is 6.19. The molecule has 1 fully saturated rings. The molecule has 2 aliphatic heterocycles. The molecule has 1 saturated heterocycles. The third-order valence-corrected chi connectivity index (χ3v) is 9.32. The molecule has 1 atom stereocenters. The number of carbonyl (C=O) groups is 2. The number of piperidine rings is 1. The van der Waals surface area contributed by atoms with E-state index in [2.05, 4.69) is 13.0 Å². The Bertz CT molecular complexity index is 1120. The van der Waals surface area contributed by atoms with Crippen LogP contribution in [0.25, 0.3) is 0 Å². The molecule has 0 spiro atoms. The smallest absolute Gasteiger partial charge is 0.243 e. The number of carbonyl (C=O) groups excluding carboxylic acids is 2. The molecule has 6 nitrogen and oxygen atoms in total. The lowest BCUT2D eigenvalue weighted by Crippen LogP contribution is -2.44. The molecule has 0 aromatic heterocycles. The Balaban J connectivity index is 1.47. The molecule has 8 heteroatoms. The number of para-hydroxylation sites is 1. The standard InChI is InChI=1S/C24H28N2O4S2/c1-17-10-15-26(22-8-3-4-9-23(22)31-17)24(28)19-11-13-25(14-12-19)32(29,30)21-7-5-6-20(16-21)18(2)27/h3-9,16-17,19H,10-15H2,1-2H3. The molecular formula is C24H28N2O4S2. The Morgan fingerprint density at radius 3 is 2.41 bits per heavy atom. The molecule has 170 valence electrons. The molecule has 2 heterocycles. The lowest BCUT2D eigenvalue weighted by molar-refractivity contribution is -0.123. The van der Waals surface area contributed by atoms with Gasteiger partial charge in [0.1, 0.15) is 0 Å². The van der Waals surface area contributed by atoms with Crippen LogP contribution in [0.15, 0.2) is 58.3 Å². The molecule has 4 rings (SSSR count). The number of Topliss-reactive ketones (excluding diaryl/α,β-unsaturated/α-hetero) is 1. The number of fused-ring (bicyclic) bond motifs is 1. The maximum absolute atomic E-state index is 13.4. The van der Waals surface area contributed by atoms with E-state index in [1.807, 2.05) is 23.1 Å². The van der Waals surface area contributed by atoms with Crippen LogP contribution >= 0.6 is 11.8 Å². The number of hydrogen-bond donors (Lipinski definition) is 0. The van der Waals surface area contributed by atoms with E-state index >= 15 is 0 Å². The van der Waals surface area contributed by atoms with Gasteiger partial charge in [-0.05, 0) is 50.5 Å². The minimum atomic E-state index is -3.70. The van der Waals surface area contributed by atoms with Gasteiger partial charge in [0, 0.05) is 41.3 Å². The summed E-state index contributed by atoms with van der Waals surface area (Å²) < 4.78 is 27.6. The van der Waals surface area contributed by atoms with Crippen LogP contribution in [-0.2, 0) is 14.8 Å². The molecule has 0 bridgehead atoms. The second-order valence-corrected chi connectivity index (χ2v) is 11.9. The van der Waals surface area contributed by atoms with Crippen molar-refractivity contribution in [2.24, 2.45) is 5.92 Å². The number of benzene rings is 2. The van der Waals surface area contributed by atoms with Gasteiger partial charge >= 0.3 is 0 Å². The predicted molar refractivity (Wildman–Crippen MR) is 127 cm³/mol. The van der Waals surface area contributed by atoms with Gasteiger partial charge in [-0.1, -0.05) is 31.2 Å². The largest absolute Gasteiger partial charge is 0.311 e. The van der Waals surface area contributed by atoms with Gasteiger partial charge in [0.25, 0.3) is 0 Å². The summed E-state index contributed by atoms with van der Waals surface area (Å²) in [4.78, 5) is 28.2. The van der Waals surface area contributed by atoms with Crippen molar-refractivity contribution in [3.8, 4) is 0 Å². The molecular weight excluding hydrogens is 444 g/mol. The Morgan fingerprint density at radius 2 is 1.69 bits per heavy atom. The average Bonchev–Trinajstić information content (AvgIpc) is 2.97. The van der Waals surface area contributed by atoms with Crippen LogP contribution in [-0.4, -0.2) is 49.3 Å². The average molecular weight is 473 g/mol. The van der Waals surface area contributed by atoms with Gasteiger partial charge in [0.15, 0.2) is 5.78 Å². The highest BCUT2D eigenvalue weighted by atomic mass is 32.2. The number of hydrogen-bond acceptors (Lipinski definition) is 5. The molecule has 2 aromatic carbocycles. The minimum Gasteiger partial charge on any atom is -0.311 e. The highest BCUT2D eigenvalue weighted by Gasteiger charge is 2.35. The molecule has 0 N–H and O–H groups in total. The first-order chi connectivity index (χ1) is 15.3. The zero-order valence-corrected chi connectivity index (χ0v) is 20.0. The molecule has 1 amide bonds. The van der Waals surface area contributed by atoms with E-state index < -0.39 is 10.0 Å². The first-order valence-electron chi connectivity index (χ1n) is 11.0. The Hall–Kier alpha value is -2.16. The Kier molecular flexibility index (Phi) is 6.74. The van der Waals surface area contributed by atoms with Crippen LogP contribution in [0.2, 0.25) is 0 Å². The summed E-state index contributed by atoms with van der Waals surface area (Å²) in [6, 6.07) is 14.2. The first-order valence-corrected chi connectivity index (χ1v) is 13.3. The highest BCUT2D eigenvalue weighted by molar-refractivity contribution is 8.00. The zero-order valence-electron chi connectivity index (χ0n) is 18.4. The number of anilines is 1. The normalized spacial score (nSPS) is 20.4. The van der Waals surface area contributed by atoms with Crippen molar-refractivity contribution in [1.82, 2.24) is 4.31 Å². The predicted octanol–water partition coefficient (Wildman–Crippen LogP) is 4.21. The molecule has 32 heavy (non-hydrogen) atoms. The fourth-order valence-electron chi connectivity index (χ4n) is 4.30. The van der Waals surface area contributed by atoms with Crippen molar-refractivity contribution in [3.63, 3.8) is 0 Å². The second-order valence-electron chi connectivity index (χ2n) is 8.44. The summed E-state index contributed by atoms with van der Waals surface area (Å²) in [7, 11) is -3.70. The van der Waals surface area contributed by atoms with Gasteiger partial charge in [-0.3, -0.25) is 9.59 Å². The summed E-state index contributed by atoms with van der Waals surface area (Å²) in [5.41, 5.74) is 1.34. The van der Waals surface area contributed by atoms with Gasteiger partial charge < -0.3 is 4.90 Å². The molecule has 0 aliphatic carbocycles. The number of thioether (sulfide) groups is 1. The molecule has 2 aliphatic rings. The van der Waals surface area contributed by atoms with E-state index in [1.54, 1.807) is 23.9 Å². The first kappa shape index (κ1) is 23.0. The van der Waals surface area contributed by atoms with Crippen molar-refractivity contribution in [2.75, 3.05) is 24.5 Å². The van der Waals surface area contributed by atoms with Crippen LogP contribution in [0, 0.1) is 5.92 Å². The van der Waals surface area contributed by atoms with E-state index in [-0.39, 0.29) is 22.5 Å². The lowest BCUT2D eigenvalue weighted by Gasteiger charge is -2.33.